The largest absolute Gasteiger partial charge is 0.481 e. The van der Waals surface area contributed by atoms with Gasteiger partial charge in [0.15, 0.2) is 0 Å². The number of carbonyl (C=O) groups is 2. The minimum Gasteiger partial charge on any atom is -0.481 e. The number of rotatable bonds is 5. The van der Waals surface area contributed by atoms with E-state index in [2.05, 4.69) is 10.3 Å². The molecule has 0 spiro atoms. The van der Waals surface area contributed by atoms with Crippen LogP contribution in [0, 0.1) is 0 Å². The Balaban J connectivity index is 2.37. The van der Waals surface area contributed by atoms with E-state index in [1.54, 1.807) is 6.07 Å². The van der Waals surface area contributed by atoms with Crippen molar-refractivity contribution >= 4 is 40.9 Å². The van der Waals surface area contributed by atoms with Gasteiger partial charge in [0, 0.05) is 11.9 Å². The molecule has 7 heteroatoms. The predicted octanol–water partition coefficient (Wildman–Crippen LogP) is 1.49. The highest BCUT2D eigenvalue weighted by Crippen LogP contribution is 2.12. The van der Waals surface area contributed by atoms with E-state index in [1.807, 2.05) is 0 Å². The number of pyridine rings is 1. The average Bonchev–Trinajstić information content (AvgIpc) is 2.16. The number of aliphatic carboxylic acids is 1. The van der Waals surface area contributed by atoms with Gasteiger partial charge < -0.3 is 10.4 Å². The van der Waals surface area contributed by atoms with Crippen molar-refractivity contribution in [1.29, 1.82) is 0 Å². The highest BCUT2D eigenvalue weighted by molar-refractivity contribution is 8.00. The van der Waals surface area contributed by atoms with E-state index in [4.69, 9.17) is 16.7 Å². The SMILES string of the molecule is O=C(O)CSCC(=O)Nc1ccnc(Cl)c1. The van der Waals surface area contributed by atoms with Gasteiger partial charge in [-0.2, -0.15) is 0 Å². The molecule has 0 aromatic carbocycles. The van der Waals surface area contributed by atoms with E-state index < -0.39 is 5.97 Å². The van der Waals surface area contributed by atoms with Crippen molar-refractivity contribution in [2.75, 3.05) is 16.8 Å². The van der Waals surface area contributed by atoms with Crippen LogP contribution in [-0.4, -0.2) is 33.5 Å². The zero-order chi connectivity index (χ0) is 12.0. The number of thioether (sulfide) groups is 1. The highest BCUT2D eigenvalue weighted by atomic mass is 35.5. The van der Waals surface area contributed by atoms with E-state index in [-0.39, 0.29) is 22.6 Å². The number of carboxylic acid groups (broad SMARTS) is 1. The minimum absolute atomic E-state index is 0.0895. The standard InChI is InChI=1S/C9H9ClN2O3S/c10-7-3-6(1-2-11-7)12-8(13)4-16-5-9(14)15/h1-3H,4-5H2,(H,14,15)(H,11,12,13). The molecule has 0 atom stereocenters. The monoisotopic (exact) mass is 260 g/mol. The highest BCUT2D eigenvalue weighted by Gasteiger charge is 2.05. The normalized spacial score (nSPS) is 9.81. The van der Waals surface area contributed by atoms with Crippen LogP contribution in [0.2, 0.25) is 5.15 Å². The molecule has 2 N–H and O–H groups in total. The van der Waals surface area contributed by atoms with Crippen molar-refractivity contribution < 1.29 is 14.7 Å². The van der Waals surface area contributed by atoms with E-state index in [0.717, 1.165) is 11.8 Å². The molecule has 0 fully saturated rings. The second-order valence-electron chi connectivity index (χ2n) is 2.80. The first kappa shape index (κ1) is 12.8. The summed E-state index contributed by atoms with van der Waals surface area (Å²) in [5.41, 5.74) is 0.543. The van der Waals surface area contributed by atoms with Crippen molar-refractivity contribution in [2.45, 2.75) is 0 Å². The summed E-state index contributed by atoms with van der Waals surface area (Å²) in [6.07, 6.45) is 1.47. The lowest BCUT2D eigenvalue weighted by Gasteiger charge is -2.03. The fraction of sp³-hybridized carbons (Fsp3) is 0.222. The lowest BCUT2D eigenvalue weighted by molar-refractivity contribution is -0.133. The van der Waals surface area contributed by atoms with Crippen molar-refractivity contribution in [1.82, 2.24) is 4.98 Å². The number of carbonyl (C=O) groups excluding carboxylic acids is 1. The number of carboxylic acids is 1. The Morgan fingerprint density at radius 2 is 2.25 bits per heavy atom. The first-order chi connectivity index (χ1) is 7.58. The molecule has 0 unspecified atom stereocenters. The predicted molar refractivity (Wildman–Crippen MR) is 62.8 cm³/mol. The van der Waals surface area contributed by atoms with Crippen LogP contribution in [0.15, 0.2) is 18.3 Å². The molecule has 1 aromatic rings. The van der Waals surface area contributed by atoms with Gasteiger partial charge in [-0.3, -0.25) is 9.59 Å². The first-order valence-electron chi connectivity index (χ1n) is 4.29. The van der Waals surface area contributed by atoms with Gasteiger partial charge in [0.05, 0.1) is 11.5 Å². The van der Waals surface area contributed by atoms with Gasteiger partial charge in [0.2, 0.25) is 5.91 Å². The Morgan fingerprint density at radius 3 is 2.88 bits per heavy atom. The summed E-state index contributed by atoms with van der Waals surface area (Å²) in [4.78, 5) is 25.3. The Kier molecular flexibility index (Phi) is 5.07. The Bertz CT molecular complexity index is 400. The number of aromatic nitrogens is 1. The van der Waals surface area contributed by atoms with Crippen LogP contribution in [0.5, 0.6) is 0 Å². The zero-order valence-corrected chi connectivity index (χ0v) is 9.72. The van der Waals surface area contributed by atoms with Gasteiger partial charge in [-0.15, -0.1) is 11.8 Å². The van der Waals surface area contributed by atoms with E-state index in [1.165, 1.54) is 12.3 Å². The van der Waals surface area contributed by atoms with Crippen LogP contribution in [-0.2, 0) is 9.59 Å². The van der Waals surface area contributed by atoms with Crippen molar-refractivity contribution in [2.24, 2.45) is 0 Å². The number of hydrogen-bond acceptors (Lipinski definition) is 4. The topological polar surface area (TPSA) is 79.3 Å². The molecule has 86 valence electrons. The number of amides is 1. The molecular weight excluding hydrogens is 252 g/mol. The van der Waals surface area contributed by atoms with Crippen LogP contribution >= 0.6 is 23.4 Å². The van der Waals surface area contributed by atoms with Crippen LogP contribution in [0.4, 0.5) is 5.69 Å². The van der Waals surface area contributed by atoms with Crippen LogP contribution in [0.25, 0.3) is 0 Å². The quantitative estimate of drug-likeness (QED) is 0.784. The lowest BCUT2D eigenvalue weighted by Crippen LogP contribution is -2.15. The molecule has 0 saturated carbocycles. The second kappa shape index (κ2) is 6.34. The molecule has 0 bridgehead atoms. The van der Waals surface area contributed by atoms with E-state index in [0.29, 0.717) is 5.69 Å². The summed E-state index contributed by atoms with van der Waals surface area (Å²) in [6, 6.07) is 3.12. The third-order valence-electron chi connectivity index (χ3n) is 1.47. The fourth-order valence-electron chi connectivity index (χ4n) is 0.908. The van der Waals surface area contributed by atoms with Gasteiger partial charge in [0.25, 0.3) is 0 Å². The Morgan fingerprint density at radius 1 is 1.50 bits per heavy atom. The number of nitrogens with zero attached hydrogens (tertiary/aromatic N) is 1. The third-order valence-corrected chi connectivity index (χ3v) is 2.59. The molecule has 1 aromatic heterocycles. The summed E-state index contributed by atoms with van der Waals surface area (Å²) in [6.45, 7) is 0. The van der Waals surface area contributed by atoms with Gasteiger partial charge in [-0.1, -0.05) is 11.6 Å². The van der Waals surface area contributed by atoms with Gasteiger partial charge in [-0.25, -0.2) is 4.98 Å². The maximum atomic E-state index is 11.3. The summed E-state index contributed by atoms with van der Waals surface area (Å²) in [7, 11) is 0. The summed E-state index contributed by atoms with van der Waals surface area (Å²) < 4.78 is 0. The first-order valence-corrected chi connectivity index (χ1v) is 5.82. The van der Waals surface area contributed by atoms with E-state index in [9.17, 15) is 9.59 Å². The summed E-state index contributed by atoms with van der Waals surface area (Å²) in [5, 5.41) is 11.2. The average molecular weight is 261 g/mol. The molecule has 1 amide bonds. The molecule has 0 radical (unpaired) electrons. The van der Waals surface area contributed by atoms with Gasteiger partial charge >= 0.3 is 5.97 Å². The second-order valence-corrected chi connectivity index (χ2v) is 4.17. The molecule has 1 heterocycles. The number of halogens is 1. The maximum absolute atomic E-state index is 11.3. The Labute approximate surface area is 101 Å². The van der Waals surface area contributed by atoms with Gasteiger partial charge in [-0.05, 0) is 12.1 Å². The van der Waals surface area contributed by atoms with Crippen LogP contribution in [0.1, 0.15) is 0 Å². The molecule has 0 saturated heterocycles. The molecule has 0 aliphatic carbocycles. The molecule has 0 aliphatic rings. The smallest absolute Gasteiger partial charge is 0.313 e. The number of hydrogen-bond donors (Lipinski definition) is 2. The summed E-state index contributed by atoms with van der Waals surface area (Å²) in [5.74, 6) is -1.21. The van der Waals surface area contributed by atoms with Crippen LogP contribution < -0.4 is 5.32 Å². The number of nitrogens with one attached hydrogen (secondary N) is 1. The Hall–Kier alpha value is -1.27. The minimum atomic E-state index is -0.940. The zero-order valence-electron chi connectivity index (χ0n) is 8.14. The molecule has 0 aliphatic heterocycles. The van der Waals surface area contributed by atoms with Crippen LogP contribution in [0.3, 0.4) is 0 Å². The van der Waals surface area contributed by atoms with Crippen molar-refractivity contribution in [3.63, 3.8) is 0 Å². The summed E-state index contributed by atoms with van der Waals surface area (Å²) >= 11 is 6.66. The third kappa shape index (κ3) is 4.99. The molecule has 5 nitrogen and oxygen atoms in total. The molecule has 16 heavy (non-hydrogen) atoms. The molecular formula is C9H9ClN2O3S. The molecule has 1 rings (SSSR count). The van der Waals surface area contributed by atoms with Crippen molar-refractivity contribution in [3.05, 3.63) is 23.5 Å². The van der Waals surface area contributed by atoms with Crippen molar-refractivity contribution in [3.8, 4) is 0 Å². The van der Waals surface area contributed by atoms with E-state index >= 15 is 0 Å². The fourth-order valence-corrected chi connectivity index (χ4v) is 1.62. The lowest BCUT2D eigenvalue weighted by atomic mass is 10.4. The number of anilines is 1. The van der Waals surface area contributed by atoms with Gasteiger partial charge in [0.1, 0.15) is 5.15 Å². The maximum Gasteiger partial charge on any atom is 0.313 e.